The number of benzene rings is 1. The minimum absolute atomic E-state index is 0.0336. The number of anilines is 1. The Morgan fingerprint density at radius 2 is 2.05 bits per heavy atom. The van der Waals surface area contributed by atoms with Crippen LogP contribution in [0, 0.1) is 12.8 Å². The van der Waals surface area contributed by atoms with Gasteiger partial charge in [-0.15, -0.1) is 5.10 Å². The zero-order valence-electron chi connectivity index (χ0n) is 11.6. The van der Waals surface area contributed by atoms with Gasteiger partial charge in [0.25, 0.3) is 0 Å². The number of rotatable bonds is 3. The lowest BCUT2D eigenvalue weighted by Gasteiger charge is -2.25. The van der Waals surface area contributed by atoms with Crippen LogP contribution in [0.1, 0.15) is 32.3 Å². The SMILES string of the molecule is Cc1cc(-c2nnnn2C(C)(C)C2CC2)ccc1N. The molecule has 2 aromatic rings. The standard InChI is InChI=1S/C14H19N5/c1-9-8-10(4-7-12(9)15)13-16-17-18-19(13)14(2,3)11-5-6-11/h4,7-8,11H,5-6,15H2,1-3H3. The van der Waals surface area contributed by atoms with Gasteiger partial charge < -0.3 is 5.73 Å². The molecule has 1 aliphatic rings. The van der Waals surface area contributed by atoms with Crippen LogP contribution in [-0.2, 0) is 5.54 Å². The second kappa shape index (κ2) is 4.05. The molecule has 0 spiro atoms. The first kappa shape index (κ1) is 12.1. The summed E-state index contributed by atoms with van der Waals surface area (Å²) >= 11 is 0. The molecule has 19 heavy (non-hydrogen) atoms. The van der Waals surface area contributed by atoms with Crippen LogP contribution in [0.25, 0.3) is 11.4 Å². The van der Waals surface area contributed by atoms with E-state index in [2.05, 4.69) is 29.4 Å². The summed E-state index contributed by atoms with van der Waals surface area (Å²) in [5, 5.41) is 12.3. The van der Waals surface area contributed by atoms with Crippen molar-refractivity contribution < 1.29 is 0 Å². The predicted octanol–water partition coefficient (Wildman–Crippen LogP) is 2.38. The highest BCUT2D eigenvalue weighted by Gasteiger charge is 2.41. The number of tetrazole rings is 1. The monoisotopic (exact) mass is 257 g/mol. The molecule has 0 radical (unpaired) electrons. The summed E-state index contributed by atoms with van der Waals surface area (Å²) in [5.74, 6) is 1.49. The minimum Gasteiger partial charge on any atom is -0.399 e. The number of hydrogen-bond donors (Lipinski definition) is 1. The molecular weight excluding hydrogens is 238 g/mol. The first-order valence-corrected chi connectivity index (χ1v) is 6.65. The highest BCUT2D eigenvalue weighted by atomic mass is 15.6. The molecule has 1 saturated carbocycles. The summed E-state index contributed by atoms with van der Waals surface area (Å²) in [5.41, 5.74) is 8.70. The van der Waals surface area contributed by atoms with E-state index in [0.717, 1.165) is 22.6 Å². The number of hydrogen-bond acceptors (Lipinski definition) is 4. The fraction of sp³-hybridized carbons (Fsp3) is 0.500. The summed E-state index contributed by atoms with van der Waals surface area (Å²) in [6.07, 6.45) is 2.51. The smallest absolute Gasteiger partial charge is 0.182 e. The van der Waals surface area contributed by atoms with Crippen molar-refractivity contribution in [3.8, 4) is 11.4 Å². The van der Waals surface area contributed by atoms with Gasteiger partial charge in [0.05, 0.1) is 5.54 Å². The fourth-order valence-corrected chi connectivity index (χ4v) is 2.53. The van der Waals surface area contributed by atoms with Crippen LogP contribution in [0.2, 0.25) is 0 Å². The van der Waals surface area contributed by atoms with Crippen LogP contribution in [0.15, 0.2) is 18.2 Å². The Kier molecular flexibility index (Phi) is 2.59. The molecule has 1 aliphatic carbocycles. The van der Waals surface area contributed by atoms with Crippen LogP contribution >= 0.6 is 0 Å². The van der Waals surface area contributed by atoms with Gasteiger partial charge in [-0.3, -0.25) is 0 Å². The highest BCUT2D eigenvalue weighted by Crippen LogP contribution is 2.44. The van der Waals surface area contributed by atoms with E-state index in [1.807, 2.05) is 29.8 Å². The van der Waals surface area contributed by atoms with Gasteiger partial charge in [0.1, 0.15) is 0 Å². The molecule has 5 nitrogen and oxygen atoms in total. The van der Waals surface area contributed by atoms with Crippen LogP contribution < -0.4 is 5.73 Å². The van der Waals surface area contributed by atoms with Crippen molar-refractivity contribution in [3.05, 3.63) is 23.8 Å². The average molecular weight is 257 g/mol. The van der Waals surface area contributed by atoms with E-state index in [-0.39, 0.29) is 5.54 Å². The van der Waals surface area contributed by atoms with Crippen molar-refractivity contribution in [2.24, 2.45) is 5.92 Å². The lowest BCUT2D eigenvalue weighted by molar-refractivity contribution is 0.271. The molecule has 1 aromatic carbocycles. The zero-order valence-corrected chi connectivity index (χ0v) is 11.6. The molecule has 0 atom stereocenters. The summed E-state index contributed by atoms with van der Waals surface area (Å²) in [6.45, 7) is 6.41. The largest absolute Gasteiger partial charge is 0.399 e. The Morgan fingerprint density at radius 1 is 1.32 bits per heavy atom. The quantitative estimate of drug-likeness (QED) is 0.857. The van der Waals surface area contributed by atoms with Crippen LogP contribution in [0.4, 0.5) is 5.69 Å². The summed E-state index contributed by atoms with van der Waals surface area (Å²) < 4.78 is 1.95. The number of nitrogens with zero attached hydrogens (tertiary/aromatic N) is 4. The number of aromatic nitrogens is 4. The summed E-state index contributed by atoms with van der Waals surface area (Å²) in [7, 11) is 0. The van der Waals surface area contributed by atoms with Crippen molar-refractivity contribution in [3.63, 3.8) is 0 Å². The fourth-order valence-electron chi connectivity index (χ4n) is 2.53. The Hall–Kier alpha value is -1.91. The van der Waals surface area contributed by atoms with E-state index >= 15 is 0 Å². The van der Waals surface area contributed by atoms with E-state index in [9.17, 15) is 0 Å². The third-order valence-corrected chi connectivity index (χ3v) is 4.12. The van der Waals surface area contributed by atoms with Crippen molar-refractivity contribution >= 4 is 5.69 Å². The van der Waals surface area contributed by atoms with Crippen LogP contribution in [0.3, 0.4) is 0 Å². The maximum atomic E-state index is 5.87. The van der Waals surface area contributed by atoms with Gasteiger partial charge in [-0.1, -0.05) is 0 Å². The van der Waals surface area contributed by atoms with Gasteiger partial charge in [-0.2, -0.15) is 0 Å². The molecule has 100 valence electrons. The molecule has 0 unspecified atom stereocenters. The molecule has 1 fully saturated rings. The van der Waals surface area contributed by atoms with E-state index in [4.69, 9.17) is 5.73 Å². The molecule has 0 saturated heterocycles. The van der Waals surface area contributed by atoms with Crippen molar-refractivity contribution in [2.45, 2.75) is 39.2 Å². The maximum absolute atomic E-state index is 5.87. The lowest BCUT2D eigenvalue weighted by atomic mass is 9.98. The molecule has 0 amide bonds. The van der Waals surface area contributed by atoms with Gasteiger partial charge >= 0.3 is 0 Å². The van der Waals surface area contributed by atoms with Gasteiger partial charge in [-0.25, -0.2) is 4.68 Å². The minimum atomic E-state index is -0.0336. The van der Waals surface area contributed by atoms with Gasteiger partial charge in [-0.05, 0) is 73.7 Å². The molecule has 2 N–H and O–H groups in total. The van der Waals surface area contributed by atoms with Gasteiger partial charge in [0.2, 0.25) is 0 Å². The Bertz CT molecular complexity index is 610. The number of nitrogen functional groups attached to an aromatic ring is 1. The summed E-state index contributed by atoms with van der Waals surface area (Å²) in [4.78, 5) is 0. The molecule has 0 aliphatic heterocycles. The zero-order chi connectivity index (χ0) is 13.6. The molecular formula is C14H19N5. The van der Waals surface area contributed by atoms with Gasteiger partial charge in [0, 0.05) is 11.3 Å². The first-order valence-electron chi connectivity index (χ1n) is 6.65. The molecule has 3 rings (SSSR count). The number of nitrogens with two attached hydrogens (primary N) is 1. The van der Waals surface area contributed by atoms with Crippen molar-refractivity contribution in [1.82, 2.24) is 20.2 Å². The number of aryl methyl sites for hydroxylation is 1. The molecule has 0 bridgehead atoms. The topological polar surface area (TPSA) is 69.6 Å². The third kappa shape index (κ3) is 1.99. The second-order valence-corrected chi connectivity index (χ2v) is 5.91. The Balaban J connectivity index is 2.06. The van der Waals surface area contributed by atoms with Crippen molar-refractivity contribution in [1.29, 1.82) is 0 Å². The van der Waals surface area contributed by atoms with Crippen molar-refractivity contribution in [2.75, 3.05) is 5.73 Å². The lowest BCUT2D eigenvalue weighted by Crippen LogP contribution is -2.30. The van der Waals surface area contributed by atoms with E-state index < -0.39 is 0 Å². The van der Waals surface area contributed by atoms with Gasteiger partial charge in [0.15, 0.2) is 5.82 Å². The van der Waals surface area contributed by atoms with Crippen LogP contribution in [0.5, 0.6) is 0 Å². The highest BCUT2D eigenvalue weighted by molar-refractivity contribution is 5.62. The van der Waals surface area contributed by atoms with Crippen LogP contribution in [-0.4, -0.2) is 20.2 Å². The Morgan fingerprint density at radius 3 is 2.68 bits per heavy atom. The maximum Gasteiger partial charge on any atom is 0.182 e. The normalized spacial score (nSPS) is 15.7. The summed E-state index contributed by atoms with van der Waals surface area (Å²) in [6, 6.07) is 5.93. The predicted molar refractivity (Wildman–Crippen MR) is 74.4 cm³/mol. The average Bonchev–Trinajstić information content (AvgIpc) is 3.11. The Labute approximate surface area is 112 Å². The molecule has 1 heterocycles. The second-order valence-electron chi connectivity index (χ2n) is 5.91. The first-order chi connectivity index (χ1) is 9.00. The molecule has 1 aromatic heterocycles. The third-order valence-electron chi connectivity index (χ3n) is 4.12. The van der Waals surface area contributed by atoms with E-state index in [0.29, 0.717) is 5.92 Å². The van der Waals surface area contributed by atoms with E-state index in [1.165, 1.54) is 12.8 Å². The van der Waals surface area contributed by atoms with E-state index in [1.54, 1.807) is 0 Å². The molecule has 5 heteroatoms.